The van der Waals surface area contributed by atoms with Crippen molar-refractivity contribution in [3.63, 3.8) is 0 Å². The number of rotatable bonds is 6. The third-order valence-corrected chi connectivity index (χ3v) is 4.04. The number of nitrogens with one attached hydrogen (secondary N) is 1. The number of para-hydroxylation sites is 1. The molecule has 1 unspecified atom stereocenters. The van der Waals surface area contributed by atoms with Gasteiger partial charge in [-0.05, 0) is 25.1 Å². The van der Waals surface area contributed by atoms with Crippen LogP contribution in [0.15, 0.2) is 60.9 Å². The zero-order valence-corrected chi connectivity index (χ0v) is 14.6. The molecule has 0 radical (unpaired) electrons. The molecular weight excluding hydrogens is 333 g/mol. The Morgan fingerprint density at radius 1 is 1.23 bits per heavy atom. The number of nitrogens with zero attached hydrogens (tertiary/aromatic N) is 2. The highest BCUT2D eigenvalue weighted by molar-refractivity contribution is 5.97. The minimum atomic E-state index is -0.724. The zero-order valence-electron chi connectivity index (χ0n) is 14.6. The molecule has 1 aromatic heterocycles. The normalized spacial score (nSPS) is 11.8. The highest BCUT2D eigenvalue weighted by Crippen LogP contribution is 2.25. The first-order valence-corrected chi connectivity index (χ1v) is 8.36. The van der Waals surface area contributed by atoms with Gasteiger partial charge in [-0.3, -0.25) is 4.79 Å². The van der Waals surface area contributed by atoms with E-state index in [1.165, 1.54) is 6.07 Å². The molecule has 1 N–H and O–H groups in total. The van der Waals surface area contributed by atoms with E-state index in [9.17, 15) is 9.18 Å². The Hall–Kier alpha value is -3.15. The van der Waals surface area contributed by atoms with E-state index in [2.05, 4.69) is 10.3 Å². The van der Waals surface area contributed by atoms with E-state index < -0.39 is 11.9 Å². The van der Waals surface area contributed by atoms with E-state index >= 15 is 0 Å². The number of carbonyl (C=O) groups excluding carboxylic acids is 1. The van der Waals surface area contributed by atoms with Gasteiger partial charge in [0.05, 0.1) is 12.2 Å². The Morgan fingerprint density at radius 3 is 2.65 bits per heavy atom. The Balaban J connectivity index is 1.98. The Bertz CT molecular complexity index is 907. The van der Waals surface area contributed by atoms with E-state index in [1.807, 2.05) is 6.92 Å². The number of amides is 1. The van der Waals surface area contributed by atoms with Crippen molar-refractivity contribution in [2.75, 3.05) is 6.61 Å². The third kappa shape index (κ3) is 3.59. The van der Waals surface area contributed by atoms with Crippen molar-refractivity contribution in [3.8, 4) is 5.75 Å². The van der Waals surface area contributed by atoms with Crippen molar-refractivity contribution in [1.29, 1.82) is 0 Å². The molecule has 0 aliphatic heterocycles. The number of aryl methyl sites for hydroxylation is 1. The van der Waals surface area contributed by atoms with Crippen molar-refractivity contribution in [2.24, 2.45) is 7.05 Å². The van der Waals surface area contributed by atoms with Crippen LogP contribution in [0.5, 0.6) is 5.75 Å². The zero-order chi connectivity index (χ0) is 18.5. The molecule has 0 spiro atoms. The lowest BCUT2D eigenvalue weighted by molar-refractivity contribution is 0.0937. The Morgan fingerprint density at radius 2 is 1.96 bits per heavy atom. The van der Waals surface area contributed by atoms with Gasteiger partial charge in [-0.15, -0.1) is 0 Å². The van der Waals surface area contributed by atoms with Gasteiger partial charge in [0, 0.05) is 25.0 Å². The fraction of sp³-hybridized carbons (Fsp3) is 0.200. The van der Waals surface area contributed by atoms with Crippen LogP contribution in [0.1, 0.15) is 34.7 Å². The minimum Gasteiger partial charge on any atom is -0.493 e. The lowest BCUT2D eigenvalue weighted by Crippen LogP contribution is -2.32. The number of hydrogen-bond acceptors (Lipinski definition) is 3. The largest absolute Gasteiger partial charge is 0.493 e. The molecule has 134 valence electrons. The van der Waals surface area contributed by atoms with E-state index in [4.69, 9.17) is 4.74 Å². The molecule has 0 fully saturated rings. The van der Waals surface area contributed by atoms with Crippen molar-refractivity contribution >= 4 is 5.91 Å². The molecule has 2 aromatic carbocycles. The smallest absolute Gasteiger partial charge is 0.255 e. The highest BCUT2D eigenvalue weighted by Gasteiger charge is 2.25. The molecule has 0 bridgehead atoms. The summed E-state index contributed by atoms with van der Waals surface area (Å²) in [5.74, 6) is 0.265. The van der Waals surface area contributed by atoms with Crippen molar-refractivity contribution in [3.05, 3.63) is 83.7 Å². The van der Waals surface area contributed by atoms with Crippen LogP contribution in [0.4, 0.5) is 4.39 Å². The molecule has 0 saturated heterocycles. The predicted molar refractivity (Wildman–Crippen MR) is 96.5 cm³/mol. The van der Waals surface area contributed by atoms with Crippen LogP contribution in [0.3, 0.4) is 0 Å². The summed E-state index contributed by atoms with van der Waals surface area (Å²) < 4.78 is 21.7. The van der Waals surface area contributed by atoms with Gasteiger partial charge < -0.3 is 14.6 Å². The van der Waals surface area contributed by atoms with Gasteiger partial charge in [-0.1, -0.05) is 30.3 Å². The first kappa shape index (κ1) is 17.7. The maximum Gasteiger partial charge on any atom is 0.255 e. The van der Waals surface area contributed by atoms with Crippen LogP contribution in [-0.2, 0) is 7.05 Å². The van der Waals surface area contributed by atoms with Gasteiger partial charge in [0.15, 0.2) is 0 Å². The molecule has 6 heteroatoms. The number of carbonyl (C=O) groups is 1. The van der Waals surface area contributed by atoms with E-state index in [1.54, 1.807) is 66.5 Å². The van der Waals surface area contributed by atoms with Crippen LogP contribution in [-0.4, -0.2) is 22.1 Å². The van der Waals surface area contributed by atoms with E-state index in [0.717, 1.165) is 0 Å². The molecule has 3 aromatic rings. The quantitative estimate of drug-likeness (QED) is 0.738. The molecule has 3 rings (SSSR count). The fourth-order valence-corrected chi connectivity index (χ4v) is 2.79. The predicted octanol–water partition coefficient (Wildman–Crippen LogP) is 3.48. The average molecular weight is 353 g/mol. The monoisotopic (exact) mass is 353 g/mol. The maximum atomic E-state index is 14.4. The lowest BCUT2D eigenvalue weighted by atomic mass is 10.0. The van der Waals surface area contributed by atoms with Gasteiger partial charge in [0.1, 0.15) is 23.4 Å². The second kappa shape index (κ2) is 7.82. The SMILES string of the molecule is CCOc1ccccc1C(=O)NC(c1ccccc1F)c1nccn1C. The molecule has 0 aliphatic carbocycles. The summed E-state index contributed by atoms with van der Waals surface area (Å²) in [6.45, 7) is 2.30. The molecule has 0 saturated carbocycles. The minimum absolute atomic E-state index is 0.351. The summed E-state index contributed by atoms with van der Waals surface area (Å²) in [4.78, 5) is 17.2. The molecule has 1 atom stereocenters. The number of benzene rings is 2. The summed E-state index contributed by atoms with van der Waals surface area (Å²) >= 11 is 0. The summed E-state index contributed by atoms with van der Waals surface area (Å²) in [7, 11) is 1.80. The standard InChI is InChI=1S/C20H20FN3O2/c1-3-26-17-11-7-5-9-15(17)20(25)23-18(19-22-12-13-24(19)2)14-8-4-6-10-16(14)21/h4-13,18H,3H2,1-2H3,(H,23,25). The Labute approximate surface area is 151 Å². The number of imidazole rings is 1. The van der Waals surface area contributed by atoms with Crippen molar-refractivity contribution in [2.45, 2.75) is 13.0 Å². The first-order valence-electron chi connectivity index (χ1n) is 8.36. The van der Waals surface area contributed by atoms with Crippen LogP contribution in [0, 0.1) is 5.82 Å². The van der Waals surface area contributed by atoms with Gasteiger partial charge in [-0.2, -0.15) is 0 Å². The van der Waals surface area contributed by atoms with Crippen LogP contribution in [0.2, 0.25) is 0 Å². The molecule has 1 amide bonds. The van der Waals surface area contributed by atoms with Gasteiger partial charge >= 0.3 is 0 Å². The summed E-state index contributed by atoms with van der Waals surface area (Å²) in [5, 5.41) is 2.89. The first-order chi connectivity index (χ1) is 12.6. The molecule has 5 nitrogen and oxygen atoms in total. The molecule has 26 heavy (non-hydrogen) atoms. The van der Waals surface area contributed by atoms with E-state index in [0.29, 0.717) is 29.3 Å². The number of halogens is 1. The second-order valence-corrected chi connectivity index (χ2v) is 5.75. The average Bonchev–Trinajstić information content (AvgIpc) is 3.07. The molecular formula is C20H20FN3O2. The summed E-state index contributed by atoms with van der Waals surface area (Å²) in [6, 6.07) is 12.6. The summed E-state index contributed by atoms with van der Waals surface area (Å²) in [5.41, 5.74) is 0.744. The molecule has 0 aliphatic rings. The topological polar surface area (TPSA) is 56.1 Å². The van der Waals surface area contributed by atoms with Crippen molar-refractivity contribution < 1.29 is 13.9 Å². The second-order valence-electron chi connectivity index (χ2n) is 5.75. The highest BCUT2D eigenvalue weighted by atomic mass is 19.1. The maximum absolute atomic E-state index is 14.4. The Kier molecular flexibility index (Phi) is 5.31. The van der Waals surface area contributed by atoms with Gasteiger partial charge in [-0.25, -0.2) is 9.37 Å². The van der Waals surface area contributed by atoms with Gasteiger partial charge in [0.25, 0.3) is 5.91 Å². The number of ether oxygens (including phenoxy) is 1. The summed E-state index contributed by atoms with van der Waals surface area (Å²) in [6.07, 6.45) is 3.37. The van der Waals surface area contributed by atoms with Gasteiger partial charge in [0.2, 0.25) is 0 Å². The van der Waals surface area contributed by atoms with E-state index in [-0.39, 0.29) is 5.91 Å². The number of hydrogen-bond donors (Lipinski definition) is 1. The third-order valence-electron chi connectivity index (χ3n) is 4.04. The van der Waals surface area contributed by atoms with Crippen LogP contribution < -0.4 is 10.1 Å². The van der Waals surface area contributed by atoms with Crippen LogP contribution >= 0.6 is 0 Å². The van der Waals surface area contributed by atoms with Crippen LogP contribution in [0.25, 0.3) is 0 Å². The fourth-order valence-electron chi connectivity index (χ4n) is 2.79. The van der Waals surface area contributed by atoms with Crippen molar-refractivity contribution in [1.82, 2.24) is 14.9 Å². The lowest BCUT2D eigenvalue weighted by Gasteiger charge is -2.20. The molecule has 1 heterocycles. The number of aromatic nitrogens is 2.